The van der Waals surface area contributed by atoms with Gasteiger partial charge in [0.15, 0.2) is 6.10 Å². The molecule has 116 valence electrons. The maximum Gasteiger partial charge on any atom is 0.265 e. The Bertz CT molecular complexity index is 709. The van der Waals surface area contributed by atoms with Crippen molar-refractivity contribution in [2.45, 2.75) is 13.0 Å². The van der Waals surface area contributed by atoms with Crippen molar-refractivity contribution in [2.75, 3.05) is 5.32 Å². The molecule has 0 aliphatic carbocycles. The molecule has 1 atom stereocenters. The highest BCUT2D eigenvalue weighted by Crippen LogP contribution is 2.31. The number of benzene rings is 2. The van der Waals surface area contributed by atoms with Gasteiger partial charge in [-0.1, -0.05) is 40.9 Å². The van der Waals surface area contributed by atoms with E-state index in [0.717, 1.165) is 0 Å². The molecule has 0 bridgehead atoms. The second-order valence-electron chi connectivity index (χ2n) is 4.43. The first-order valence-corrected chi connectivity index (χ1v) is 8.17. The van der Waals surface area contributed by atoms with Crippen LogP contribution in [0.2, 0.25) is 15.1 Å². The summed E-state index contributed by atoms with van der Waals surface area (Å²) in [5.41, 5.74) is 0.435. The van der Waals surface area contributed by atoms with E-state index >= 15 is 0 Å². The molecule has 2 aromatic rings. The molecule has 0 spiro atoms. The summed E-state index contributed by atoms with van der Waals surface area (Å²) in [6, 6.07) is 10.1. The van der Waals surface area contributed by atoms with Crippen LogP contribution in [-0.2, 0) is 4.79 Å². The zero-order valence-corrected chi connectivity index (χ0v) is 15.2. The lowest BCUT2D eigenvalue weighted by atomic mass is 10.3. The number of hydrogen-bond donors (Lipinski definition) is 1. The zero-order chi connectivity index (χ0) is 16.3. The summed E-state index contributed by atoms with van der Waals surface area (Å²) in [5.74, 6) is 0.176. The molecule has 7 heteroatoms. The Kier molecular flexibility index (Phi) is 5.98. The number of carbonyl (C=O) groups is 1. The van der Waals surface area contributed by atoms with Crippen LogP contribution in [0.4, 0.5) is 5.69 Å². The number of anilines is 1. The highest BCUT2D eigenvalue weighted by molar-refractivity contribution is 9.10. The molecular formula is C15H11BrCl3NO2. The minimum atomic E-state index is -0.729. The zero-order valence-electron chi connectivity index (χ0n) is 11.4. The van der Waals surface area contributed by atoms with Gasteiger partial charge in [-0.3, -0.25) is 4.79 Å². The fourth-order valence-corrected chi connectivity index (χ4v) is 2.77. The van der Waals surface area contributed by atoms with E-state index in [9.17, 15) is 4.79 Å². The summed E-state index contributed by atoms with van der Waals surface area (Å²) in [6.45, 7) is 1.63. The van der Waals surface area contributed by atoms with E-state index in [0.29, 0.717) is 26.0 Å². The number of nitrogens with one attached hydrogen (secondary N) is 1. The largest absolute Gasteiger partial charge is 0.480 e. The molecule has 0 saturated carbocycles. The van der Waals surface area contributed by atoms with Crippen LogP contribution in [0, 0.1) is 0 Å². The van der Waals surface area contributed by atoms with Crippen molar-refractivity contribution in [3.8, 4) is 5.75 Å². The van der Waals surface area contributed by atoms with Gasteiger partial charge in [0.25, 0.3) is 5.91 Å². The SMILES string of the molecule is CC(Oc1ccc(Cl)cc1Br)C(=O)Nc1cccc(Cl)c1Cl. The van der Waals surface area contributed by atoms with Gasteiger partial charge in [-0.25, -0.2) is 0 Å². The molecule has 0 radical (unpaired) electrons. The lowest BCUT2D eigenvalue weighted by Crippen LogP contribution is -2.30. The van der Waals surface area contributed by atoms with Crippen molar-refractivity contribution in [3.63, 3.8) is 0 Å². The maximum atomic E-state index is 12.2. The van der Waals surface area contributed by atoms with Crippen LogP contribution in [-0.4, -0.2) is 12.0 Å². The van der Waals surface area contributed by atoms with Gasteiger partial charge in [-0.2, -0.15) is 0 Å². The standard InChI is InChI=1S/C15H11BrCl3NO2/c1-8(22-13-6-5-9(17)7-10(13)16)15(21)20-12-4-2-3-11(18)14(12)19/h2-8H,1H3,(H,20,21). The molecule has 1 amide bonds. The molecular weight excluding hydrogens is 412 g/mol. The Hall–Kier alpha value is -0.940. The first-order valence-electron chi connectivity index (χ1n) is 6.25. The second kappa shape index (κ2) is 7.55. The molecule has 0 fully saturated rings. The van der Waals surface area contributed by atoms with Gasteiger partial charge in [0.2, 0.25) is 0 Å². The summed E-state index contributed by atoms with van der Waals surface area (Å²) >= 11 is 21.1. The first-order chi connectivity index (χ1) is 10.4. The van der Waals surface area contributed by atoms with E-state index in [1.54, 1.807) is 43.3 Å². The Morgan fingerprint density at radius 1 is 1.23 bits per heavy atom. The number of ether oxygens (including phenoxy) is 1. The fourth-order valence-electron chi connectivity index (χ4n) is 1.65. The van der Waals surface area contributed by atoms with E-state index < -0.39 is 6.10 Å². The molecule has 1 unspecified atom stereocenters. The lowest BCUT2D eigenvalue weighted by molar-refractivity contribution is -0.122. The molecule has 22 heavy (non-hydrogen) atoms. The molecule has 3 nitrogen and oxygen atoms in total. The summed E-state index contributed by atoms with van der Waals surface area (Å²) in [7, 11) is 0. The van der Waals surface area contributed by atoms with Gasteiger partial charge in [-0.05, 0) is 53.2 Å². The van der Waals surface area contributed by atoms with Gasteiger partial charge in [-0.15, -0.1) is 0 Å². The maximum absolute atomic E-state index is 12.2. The average Bonchev–Trinajstić information content (AvgIpc) is 2.46. The van der Waals surface area contributed by atoms with Gasteiger partial charge >= 0.3 is 0 Å². The van der Waals surface area contributed by atoms with Crippen molar-refractivity contribution >= 4 is 62.3 Å². The predicted octanol–water partition coefficient (Wildman–Crippen LogP) is 5.82. The van der Waals surface area contributed by atoms with Gasteiger partial charge in [0, 0.05) is 5.02 Å². The number of hydrogen-bond acceptors (Lipinski definition) is 2. The summed E-state index contributed by atoms with van der Waals surface area (Å²) < 4.78 is 6.28. The van der Waals surface area contributed by atoms with Crippen LogP contribution in [0.3, 0.4) is 0 Å². The quantitative estimate of drug-likeness (QED) is 0.673. The van der Waals surface area contributed by atoms with E-state index in [1.165, 1.54) is 0 Å². The number of carbonyl (C=O) groups excluding carboxylic acids is 1. The third-order valence-electron chi connectivity index (χ3n) is 2.78. The third-order valence-corrected chi connectivity index (χ3v) is 4.45. The van der Waals surface area contributed by atoms with Crippen molar-refractivity contribution < 1.29 is 9.53 Å². The Morgan fingerprint density at radius 3 is 2.64 bits per heavy atom. The van der Waals surface area contributed by atoms with Gasteiger partial charge in [0.1, 0.15) is 5.75 Å². The van der Waals surface area contributed by atoms with Crippen LogP contribution in [0.1, 0.15) is 6.92 Å². The molecule has 0 saturated heterocycles. The van der Waals surface area contributed by atoms with Crippen LogP contribution < -0.4 is 10.1 Å². The van der Waals surface area contributed by atoms with E-state index in [4.69, 9.17) is 39.5 Å². The van der Waals surface area contributed by atoms with Crippen LogP contribution in [0.25, 0.3) is 0 Å². The molecule has 0 aliphatic heterocycles. The summed E-state index contributed by atoms with van der Waals surface area (Å²) in [4.78, 5) is 12.2. The highest BCUT2D eigenvalue weighted by atomic mass is 79.9. The molecule has 2 aromatic carbocycles. The van der Waals surface area contributed by atoms with Crippen LogP contribution >= 0.6 is 50.7 Å². The highest BCUT2D eigenvalue weighted by Gasteiger charge is 2.18. The minimum absolute atomic E-state index is 0.289. The summed E-state index contributed by atoms with van der Waals surface area (Å²) in [6.07, 6.45) is -0.729. The predicted molar refractivity (Wildman–Crippen MR) is 94.3 cm³/mol. The summed E-state index contributed by atoms with van der Waals surface area (Å²) in [5, 5.41) is 3.91. The Balaban J connectivity index is 2.07. The molecule has 0 heterocycles. The van der Waals surface area contributed by atoms with Crippen LogP contribution in [0.5, 0.6) is 5.75 Å². The van der Waals surface area contributed by atoms with E-state index in [1.807, 2.05) is 0 Å². The van der Waals surface area contributed by atoms with E-state index in [2.05, 4.69) is 21.2 Å². The molecule has 1 N–H and O–H groups in total. The second-order valence-corrected chi connectivity index (χ2v) is 6.50. The number of amides is 1. The van der Waals surface area contributed by atoms with E-state index in [-0.39, 0.29) is 10.9 Å². The first kappa shape index (κ1) is 17.4. The average molecular weight is 424 g/mol. The lowest BCUT2D eigenvalue weighted by Gasteiger charge is -2.16. The van der Waals surface area contributed by atoms with Crippen molar-refractivity contribution in [2.24, 2.45) is 0 Å². The molecule has 2 rings (SSSR count). The van der Waals surface area contributed by atoms with Gasteiger partial charge < -0.3 is 10.1 Å². The molecule has 0 aromatic heterocycles. The van der Waals surface area contributed by atoms with Crippen molar-refractivity contribution in [3.05, 3.63) is 55.9 Å². The smallest absolute Gasteiger partial charge is 0.265 e. The van der Waals surface area contributed by atoms with Gasteiger partial charge in [0.05, 0.1) is 20.2 Å². The number of rotatable bonds is 4. The third kappa shape index (κ3) is 4.29. The van der Waals surface area contributed by atoms with Crippen LogP contribution in [0.15, 0.2) is 40.9 Å². The monoisotopic (exact) mass is 421 g/mol. The van der Waals surface area contributed by atoms with Crippen molar-refractivity contribution in [1.29, 1.82) is 0 Å². The number of halogens is 4. The fraction of sp³-hybridized carbons (Fsp3) is 0.133. The Morgan fingerprint density at radius 2 is 1.95 bits per heavy atom. The Labute approximate surface area is 151 Å². The minimum Gasteiger partial charge on any atom is -0.480 e. The normalized spacial score (nSPS) is 11.9. The van der Waals surface area contributed by atoms with Crippen molar-refractivity contribution in [1.82, 2.24) is 0 Å². The molecule has 0 aliphatic rings. The topological polar surface area (TPSA) is 38.3 Å².